The van der Waals surface area contributed by atoms with Crippen LogP contribution < -0.4 is 5.73 Å². The number of nitrogens with two attached hydrogens (primary N) is 1. The second kappa shape index (κ2) is 8.60. The molecular weight excluding hydrogens is 320 g/mol. The predicted octanol–water partition coefficient (Wildman–Crippen LogP) is 2.92. The van der Waals surface area contributed by atoms with Gasteiger partial charge in [0, 0.05) is 11.6 Å². The van der Waals surface area contributed by atoms with Crippen LogP contribution in [0.15, 0.2) is 47.4 Å². The molecule has 5 heteroatoms. The van der Waals surface area contributed by atoms with Crippen molar-refractivity contribution in [1.29, 1.82) is 0 Å². The Bertz CT molecular complexity index is 746. The smallest absolute Gasteiger partial charge is 0.176 e. The largest absolute Gasteiger partial charge is 0.330 e. The summed E-state index contributed by atoms with van der Waals surface area (Å²) in [6, 6.07) is 12.8. The van der Waals surface area contributed by atoms with Crippen LogP contribution >= 0.6 is 0 Å². The Morgan fingerprint density at radius 1 is 1.08 bits per heavy atom. The van der Waals surface area contributed by atoms with E-state index in [-0.39, 0.29) is 0 Å². The van der Waals surface area contributed by atoms with Crippen molar-refractivity contribution in [2.45, 2.75) is 24.2 Å². The zero-order chi connectivity index (χ0) is 17.6. The highest BCUT2D eigenvalue weighted by Gasteiger charge is 2.15. The van der Waals surface area contributed by atoms with Crippen molar-refractivity contribution >= 4 is 20.6 Å². The fraction of sp³-hybridized carbons (Fsp3) is 0.474. The fourth-order valence-electron chi connectivity index (χ4n) is 3.11. The van der Waals surface area contributed by atoms with E-state index in [1.807, 2.05) is 30.3 Å². The van der Waals surface area contributed by atoms with Crippen molar-refractivity contribution in [3.05, 3.63) is 42.5 Å². The van der Waals surface area contributed by atoms with Gasteiger partial charge in [0.2, 0.25) is 0 Å². The number of rotatable bonds is 3. The van der Waals surface area contributed by atoms with Crippen molar-refractivity contribution in [2.75, 3.05) is 32.9 Å². The molecule has 1 fully saturated rings. The minimum Gasteiger partial charge on any atom is -0.330 e. The summed E-state index contributed by atoms with van der Waals surface area (Å²) < 4.78 is 22.9. The Morgan fingerprint density at radius 2 is 1.71 bits per heavy atom. The number of fused-ring (bicyclic) bond motifs is 1. The standard InChI is InChI=1S/C11H10O2S.C8H18N2/c1-14(12,13)11-8-4-6-9-5-2-3-7-10(9)11;1-10-6-3-8(2-5-9)4-7-10/h2-8H,1H3;8H,2-7,9H2,1H3. The second-order valence-corrected chi connectivity index (χ2v) is 8.56. The maximum Gasteiger partial charge on any atom is 0.176 e. The number of nitrogens with zero attached hydrogens (tertiary/aromatic N) is 1. The van der Waals surface area contributed by atoms with Crippen LogP contribution in [0.2, 0.25) is 0 Å². The Hall–Kier alpha value is -1.43. The van der Waals surface area contributed by atoms with E-state index in [1.165, 1.54) is 38.6 Å². The number of likely N-dealkylation sites (tertiary alicyclic amines) is 1. The van der Waals surface area contributed by atoms with Gasteiger partial charge in [-0.2, -0.15) is 0 Å². The third-order valence-corrected chi connectivity index (χ3v) is 5.72. The molecule has 0 saturated carbocycles. The van der Waals surface area contributed by atoms with Crippen LogP contribution in [0.5, 0.6) is 0 Å². The Labute approximate surface area is 145 Å². The molecule has 0 atom stereocenters. The molecule has 1 aliphatic rings. The minimum atomic E-state index is -3.13. The molecule has 24 heavy (non-hydrogen) atoms. The summed E-state index contributed by atoms with van der Waals surface area (Å²) in [7, 11) is -0.936. The summed E-state index contributed by atoms with van der Waals surface area (Å²) in [6.07, 6.45) is 5.17. The predicted molar refractivity (Wildman–Crippen MR) is 101 cm³/mol. The van der Waals surface area contributed by atoms with Gasteiger partial charge in [0.25, 0.3) is 0 Å². The molecule has 2 aromatic rings. The van der Waals surface area contributed by atoms with Gasteiger partial charge in [-0.15, -0.1) is 0 Å². The number of sulfone groups is 1. The molecule has 0 aliphatic carbocycles. The van der Waals surface area contributed by atoms with E-state index >= 15 is 0 Å². The lowest BCUT2D eigenvalue weighted by atomic mass is 9.94. The van der Waals surface area contributed by atoms with Gasteiger partial charge < -0.3 is 10.6 Å². The molecule has 1 heterocycles. The molecule has 0 spiro atoms. The van der Waals surface area contributed by atoms with Crippen molar-refractivity contribution in [3.8, 4) is 0 Å². The summed E-state index contributed by atoms with van der Waals surface area (Å²) in [5.74, 6) is 0.918. The molecule has 132 valence electrons. The van der Waals surface area contributed by atoms with Gasteiger partial charge in [-0.05, 0) is 63.3 Å². The maximum absolute atomic E-state index is 11.4. The van der Waals surface area contributed by atoms with E-state index in [1.54, 1.807) is 12.1 Å². The Morgan fingerprint density at radius 3 is 2.33 bits per heavy atom. The number of piperidine rings is 1. The van der Waals surface area contributed by atoms with Crippen LogP contribution in [0.4, 0.5) is 0 Å². The monoisotopic (exact) mass is 348 g/mol. The third-order valence-electron chi connectivity index (χ3n) is 4.56. The summed E-state index contributed by atoms with van der Waals surface area (Å²) >= 11 is 0. The van der Waals surface area contributed by atoms with Gasteiger partial charge in [-0.1, -0.05) is 36.4 Å². The zero-order valence-electron chi connectivity index (χ0n) is 14.6. The van der Waals surface area contributed by atoms with Gasteiger partial charge in [0.05, 0.1) is 4.90 Å². The summed E-state index contributed by atoms with van der Waals surface area (Å²) in [4.78, 5) is 2.79. The van der Waals surface area contributed by atoms with Gasteiger partial charge in [0.1, 0.15) is 0 Å². The quantitative estimate of drug-likeness (QED) is 0.926. The fourth-order valence-corrected chi connectivity index (χ4v) is 4.02. The summed E-state index contributed by atoms with van der Waals surface area (Å²) in [5.41, 5.74) is 5.48. The van der Waals surface area contributed by atoms with E-state index in [0.29, 0.717) is 4.90 Å². The first kappa shape index (κ1) is 18.9. The topological polar surface area (TPSA) is 63.4 Å². The molecule has 2 aromatic carbocycles. The molecule has 0 radical (unpaired) electrons. The van der Waals surface area contributed by atoms with Crippen LogP contribution in [0.3, 0.4) is 0 Å². The van der Waals surface area contributed by atoms with Gasteiger partial charge >= 0.3 is 0 Å². The minimum absolute atomic E-state index is 0.399. The summed E-state index contributed by atoms with van der Waals surface area (Å²) in [5, 5.41) is 1.74. The van der Waals surface area contributed by atoms with Crippen LogP contribution in [0.1, 0.15) is 19.3 Å². The molecule has 1 aliphatic heterocycles. The highest BCUT2D eigenvalue weighted by molar-refractivity contribution is 7.91. The lowest BCUT2D eigenvalue weighted by Gasteiger charge is -2.28. The third kappa shape index (κ3) is 5.30. The van der Waals surface area contributed by atoms with E-state index < -0.39 is 9.84 Å². The van der Waals surface area contributed by atoms with Crippen LogP contribution in [-0.4, -0.2) is 46.3 Å². The molecular formula is C19H28N2O2S. The average molecular weight is 349 g/mol. The summed E-state index contributed by atoms with van der Waals surface area (Å²) in [6.45, 7) is 3.41. The molecule has 0 bridgehead atoms. The lowest BCUT2D eigenvalue weighted by molar-refractivity contribution is 0.214. The first-order valence-corrected chi connectivity index (χ1v) is 10.4. The highest BCUT2D eigenvalue weighted by Crippen LogP contribution is 2.22. The van der Waals surface area contributed by atoms with Crippen LogP contribution in [0.25, 0.3) is 10.8 Å². The van der Waals surface area contributed by atoms with Gasteiger partial charge in [0.15, 0.2) is 9.84 Å². The molecule has 0 unspecified atom stereocenters. The maximum atomic E-state index is 11.4. The molecule has 0 amide bonds. The molecule has 1 saturated heterocycles. The molecule has 3 rings (SSSR count). The van der Waals surface area contributed by atoms with Crippen LogP contribution in [-0.2, 0) is 9.84 Å². The van der Waals surface area contributed by atoms with E-state index in [9.17, 15) is 8.42 Å². The Kier molecular flexibility index (Phi) is 6.78. The number of hydrogen-bond donors (Lipinski definition) is 1. The van der Waals surface area contributed by atoms with E-state index in [4.69, 9.17) is 5.73 Å². The van der Waals surface area contributed by atoms with Crippen molar-refractivity contribution in [2.24, 2.45) is 11.7 Å². The number of benzene rings is 2. The van der Waals surface area contributed by atoms with Gasteiger partial charge in [-0.3, -0.25) is 0 Å². The van der Waals surface area contributed by atoms with E-state index in [2.05, 4.69) is 11.9 Å². The SMILES string of the molecule is CN1CCC(CCN)CC1.CS(=O)(=O)c1cccc2ccccc12. The molecule has 2 N–H and O–H groups in total. The molecule has 0 aromatic heterocycles. The lowest BCUT2D eigenvalue weighted by Crippen LogP contribution is -2.30. The first-order chi connectivity index (χ1) is 11.4. The van der Waals surface area contributed by atoms with Crippen molar-refractivity contribution in [3.63, 3.8) is 0 Å². The van der Waals surface area contributed by atoms with Gasteiger partial charge in [-0.25, -0.2) is 8.42 Å². The van der Waals surface area contributed by atoms with E-state index in [0.717, 1.165) is 23.2 Å². The molecule has 4 nitrogen and oxygen atoms in total. The second-order valence-electron chi connectivity index (χ2n) is 6.57. The highest BCUT2D eigenvalue weighted by atomic mass is 32.2. The van der Waals surface area contributed by atoms with Crippen LogP contribution in [0, 0.1) is 5.92 Å². The average Bonchev–Trinajstić information content (AvgIpc) is 2.56. The van der Waals surface area contributed by atoms with Crippen molar-refractivity contribution < 1.29 is 8.42 Å². The van der Waals surface area contributed by atoms with Crippen molar-refractivity contribution in [1.82, 2.24) is 4.90 Å². The number of hydrogen-bond acceptors (Lipinski definition) is 4. The normalized spacial score (nSPS) is 16.6. The zero-order valence-corrected chi connectivity index (χ0v) is 15.4. The Balaban J connectivity index is 0.000000185. The first-order valence-electron chi connectivity index (χ1n) is 8.48.